The number of carbonyl (C=O) groups is 1. The second-order valence-electron chi connectivity index (χ2n) is 4.71. The summed E-state index contributed by atoms with van der Waals surface area (Å²) in [6, 6.07) is 2.97. The summed E-state index contributed by atoms with van der Waals surface area (Å²) in [5, 5.41) is 0. The highest BCUT2D eigenvalue weighted by molar-refractivity contribution is 5.85. The molecular formula is C13H14FN3O2. The summed E-state index contributed by atoms with van der Waals surface area (Å²) < 4.78 is 18.6. The quantitative estimate of drug-likeness (QED) is 0.803. The fraction of sp³-hybridized carbons (Fsp3) is 0.462. The summed E-state index contributed by atoms with van der Waals surface area (Å²) in [5.74, 6) is -0.171. The number of ether oxygens (including phenoxy) is 1. The zero-order valence-corrected chi connectivity index (χ0v) is 10.3. The highest BCUT2D eigenvalue weighted by Gasteiger charge is 2.38. The van der Waals surface area contributed by atoms with E-state index in [1.165, 1.54) is 11.3 Å². The van der Waals surface area contributed by atoms with E-state index >= 15 is 0 Å². The molecule has 1 aromatic rings. The lowest BCUT2D eigenvalue weighted by Crippen LogP contribution is -2.39. The SMILES string of the molecule is O=C([C@@H]1N=CO[C@H]1c1ccncc1)N1CC[C@H](F)C1. The molecule has 0 aliphatic carbocycles. The third kappa shape index (κ3) is 2.30. The van der Waals surface area contributed by atoms with Crippen LogP contribution in [0.5, 0.6) is 0 Å². The number of carbonyl (C=O) groups excluding carboxylic acids is 1. The maximum Gasteiger partial charge on any atom is 0.251 e. The van der Waals surface area contributed by atoms with Crippen molar-refractivity contribution in [1.82, 2.24) is 9.88 Å². The Labute approximate surface area is 110 Å². The van der Waals surface area contributed by atoms with Crippen LogP contribution in [0.25, 0.3) is 0 Å². The average Bonchev–Trinajstić information content (AvgIpc) is 3.07. The molecule has 0 saturated carbocycles. The number of aliphatic imine (C=N–C) groups is 1. The number of pyridine rings is 1. The van der Waals surface area contributed by atoms with Gasteiger partial charge in [-0.25, -0.2) is 9.38 Å². The average molecular weight is 263 g/mol. The molecule has 0 radical (unpaired) electrons. The van der Waals surface area contributed by atoms with E-state index in [0.29, 0.717) is 13.0 Å². The molecule has 100 valence electrons. The maximum atomic E-state index is 13.2. The summed E-state index contributed by atoms with van der Waals surface area (Å²) in [5.41, 5.74) is 0.849. The summed E-state index contributed by atoms with van der Waals surface area (Å²) in [7, 11) is 0. The maximum absolute atomic E-state index is 13.2. The summed E-state index contributed by atoms with van der Waals surface area (Å²) in [4.78, 5) is 21.9. The van der Waals surface area contributed by atoms with Crippen LogP contribution in [0.4, 0.5) is 4.39 Å². The number of hydrogen-bond donors (Lipinski definition) is 0. The van der Waals surface area contributed by atoms with Crippen LogP contribution in [-0.2, 0) is 9.53 Å². The fourth-order valence-electron chi connectivity index (χ4n) is 2.43. The van der Waals surface area contributed by atoms with Gasteiger partial charge in [0, 0.05) is 18.9 Å². The van der Waals surface area contributed by atoms with E-state index in [4.69, 9.17) is 4.74 Å². The van der Waals surface area contributed by atoms with Gasteiger partial charge in [0.05, 0.1) is 6.54 Å². The van der Waals surface area contributed by atoms with Gasteiger partial charge < -0.3 is 9.64 Å². The molecule has 0 spiro atoms. The van der Waals surface area contributed by atoms with Crippen LogP contribution in [0.3, 0.4) is 0 Å². The number of alkyl halides is 1. The van der Waals surface area contributed by atoms with Gasteiger partial charge in [0.2, 0.25) is 0 Å². The van der Waals surface area contributed by atoms with Crippen molar-refractivity contribution in [3.05, 3.63) is 30.1 Å². The Morgan fingerprint density at radius 2 is 2.21 bits per heavy atom. The lowest BCUT2D eigenvalue weighted by Gasteiger charge is -2.22. The number of likely N-dealkylation sites (tertiary alicyclic amines) is 1. The van der Waals surface area contributed by atoms with Crippen molar-refractivity contribution < 1.29 is 13.9 Å². The zero-order valence-electron chi connectivity index (χ0n) is 10.3. The predicted molar refractivity (Wildman–Crippen MR) is 66.4 cm³/mol. The predicted octanol–water partition coefficient (Wildman–Crippen LogP) is 1.12. The highest BCUT2D eigenvalue weighted by atomic mass is 19.1. The molecule has 1 saturated heterocycles. The van der Waals surface area contributed by atoms with E-state index in [0.717, 1.165) is 5.56 Å². The Bertz CT molecular complexity index is 494. The van der Waals surface area contributed by atoms with Gasteiger partial charge in [0.15, 0.2) is 18.5 Å². The number of amides is 1. The van der Waals surface area contributed by atoms with Crippen molar-refractivity contribution in [3.8, 4) is 0 Å². The van der Waals surface area contributed by atoms with E-state index < -0.39 is 18.3 Å². The molecule has 2 aliphatic heterocycles. The van der Waals surface area contributed by atoms with E-state index in [1.807, 2.05) is 0 Å². The smallest absolute Gasteiger partial charge is 0.251 e. The first-order valence-corrected chi connectivity index (χ1v) is 6.25. The Kier molecular flexibility index (Phi) is 3.15. The summed E-state index contributed by atoms with van der Waals surface area (Å²) >= 11 is 0. The lowest BCUT2D eigenvalue weighted by molar-refractivity contribution is -0.133. The number of rotatable bonds is 2. The normalized spacial score (nSPS) is 29.5. The molecule has 2 aliphatic rings. The molecule has 3 atom stereocenters. The molecule has 5 nitrogen and oxygen atoms in total. The third-order valence-corrected chi connectivity index (χ3v) is 3.45. The molecule has 0 aromatic carbocycles. The monoisotopic (exact) mass is 263 g/mol. The zero-order chi connectivity index (χ0) is 13.2. The van der Waals surface area contributed by atoms with Crippen molar-refractivity contribution in [2.75, 3.05) is 13.1 Å². The van der Waals surface area contributed by atoms with Crippen molar-refractivity contribution in [1.29, 1.82) is 0 Å². The minimum atomic E-state index is -0.922. The Balaban J connectivity index is 1.76. The molecule has 0 unspecified atom stereocenters. The van der Waals surface area contributed by atoms with Crippen molar-refractivity contribution in [2.45, 2.75) is 24.7 Å². The van der Waals surface area contributed by atoms with Crippen LogP contribution in [0.15, 0.2) is 29.5 Å². The Hall–Kier alpha value is -1.98. The van der Waals surface area contributed by atoms with E-state index in [-0.39, 0.29) is 12.5 Å². The van der Waals surface area contributed by atoms with Crippen LogP contribution in [0, 0.1) is 0 Å². The second kappa shape index (κ2) is 4.95. The van der Waals surface area contributed by atoms with E-state index in [1.54, 1.807) is 24.5 Å². The minimum Gasteiger partial charge on any atom is -0.473 e. The standard InChI is InChI=1S/C13H14FN3O2/c14-10-3-6-17(7-10)13(18)11-12(19-8-16-11)9-1-4-15-5-2-9/h1-2,4-5,8,10-12H,3,6-7H2/t10-,11+,12-/m0/s1. The topological polar surface area (TPSA) is 54.8 Å². The molecule has 6 heteroatoms. The molecule has 0 N–H and O–H groups in total. The van der Waals surface area contributed by atoms with Gasteiger partial charge in [-0.05, 0) is 24.1 Å². The molecule has 1 aromatic heterocycles. The van der Waals surface area contributed by atoms with Crippen molar-refractivity contribution >= 4 is 12.3 Å². The van der Waals surface area contributed by atoms with Crippen LogP contribution >= 0.6 is 0 Å². The molecule has 1 amide bonds. The van der Waals surface area contributed by atoms with Crippen molar-refractivity contribution in [2.24, 2.45) is 4.99 Å². The van der Waals surface area contributed by atoms with Crippen LogP contribution in [-0.4, -0.2) is 47.5 Å². The molecular weight excluding hydrogens is 249 g/mol. The lowest BCUT2D eigenvalue weighted by atomic mass is 10.0. The molecule has 3 rings (SSSR count). The van der Waals surface area contributed by atoms with Gasteiger partial charge in [0.25, 0.3) is 5.91 Å². The number of aromatic nitrogens is 1. The largest absolute Gasteiger partial charge is 0.473 e. The van der Waals surface area contributed by atoms with Gasteiger partial charge in [0.1, 0.15) is 6.17 Å². The summed E-state index contributed by atoms with van der Waals surface area (Å²) in [6.07, 6.45) is 3.64. The first kappa shape index (κ1) is 12.1. The molecule has 0 bridgehead atoms. The van der Waals surface area contributed by atoms with Gasteiger partial charge in [-0.15, -0.1) is 0 Å². The highest BCUT2D eigenvalue weighted by Crippen LogP contribution is 2.28. The van der Waals surface area contributed by atoms with Gasteiger partial charge in [-0.3, -0.25) is 9.78 Å². The van der Waals surface area contributed by atoms with Gasteiger partial charge in [-0.2, -0.15) is 0 Å². The number of nitrogens with zero attached hydrogens (tertiary/aromatic N) is 3. The van der Waals surface area contributed by atoms with Crippen LogP contribution in [0.1, 0.15) is 18.1 Å². The molecule has 1 fully saturated rings. The summed E-state index contributed by atoms with van der Waals surface area (Å²) in [6.45, 7) is 0.614. The van der Waals surface area contributed by atoms with Crippen LogP contribution in [0.2, 0.25) is 0 Å². The first-order valence-electron chi connectivity index (χ1n) is 6.25. The second-order valence-corrected chi connectivity index (χ2v) is 4.71. The van der Waals surface area contributed by atoms with Crippen molar-refractivity contribution in [3.63, 3.8) is 0 Å². The third-order valence-electron chi connectivity index (χ3n) is 3.45. The number of hydrogen-bond acceptors (Lipinski definition) is 4. The molecule has 19 heavy (non-hydrogen) atoms. The molecule has 3 heterocycles. The Morgan fingerprint density at radius 3 is 2.89 bits per heavy atom. The fourth-order valence-corrected chi connectivity index (χ4v) is 2.43. The minimum absolute atomic E-state index is 0.161. The first-order chi connectivity index (χ1) is 9.25. The van der Waals surface area contributed by atoms with Crippen LogP contribution < -0.4 is 0 Å². The van der Waals surface area contributed by atoms with Gasteiger partial charge >= 0.3 is 0 Å². The van der Waals surface area contributed by atoms with E-state index in [9.17, 15) is 9.18 Å². The van der Waals surface area contributed by atoms with Gasteiger partial charge in [-0.1, -0.05) is 0 Å². The number of halogens is 1. The van der Waals surface area contributed by atoms with E-state index in [2.05, 4.69) is 9.98 Å². The Morgan fingerprint density at radius 1 is 1.42 bits per heavy atom.